The van der Waals surface area contributed by atoms with Gasteiger partial charge in [-0.3, -0.25) is 0 Å². The molecule has 4 saturated carbocycles. The molecule has 29 heavy (non-hydrogen) atoms. The molecule has 0 amide bonds. The normalized spacial score (nSPS) is 46.7. The molecule has 162 valence electrons. The number of hydrogen-bond acceptors (Lipinski definition) is 3. The smallest absolute Gasteiger partial charge is 0.0937 e. The molecule has 8 atom stereocenters. The van der Waals surface area contributed by atoms with Gasteiger partial charge in [-0.1, -0.05) is 13.8 Å². The molecule has 1 aromatic heterocycles. The lowest BCUT2D eigenvalue weighted by molar-refractivity contribution is -0.131. The summed E-state index contributed by atoms with van der Waals surface area (Å²) in [5.41, 5.74) is 8.15. The van der Waals surface area contributed by atoms with Crippen LogP contribution in [0, 0.1) is 34.5 Å². The zero-order chi connectivity index (χ0) is 20.1. The van der Waals surface area contributed by atoms with Crippen LogP contribution in [0.3, 0.4) is 0 Å². The summed E-state index contributed by atoms with van der Waals surface area (Å²) in [6, 6.07) is 2.23. The van der Waals surface area contributed by atoms with E-state index < -0.39 is 0 Å². The molecule has 0 spiro atoms. The topological polar surface area (TPSA) is 48.4 Å². The second-order valence-corrected chi connectivity index (χ2v) is 11.3. The Balaban J connectivity index is 1.31. The third kappa shape index (κ3) is 3.22. The number of rotatable bonds is 5. The third-order valence-corrected chi connectivity index (χ3v) is 10.3. The first-order chi connectivity index (χ1) is 14.1. The van der Waals surface area contributed by atoms with Crippen LogP contribution < -0.4 is 5.73 Å². The fourth-order valence-electron chi connectivity index (χ4n) is 8.72. The van der Waals surface area contributed by atoms with Crippen LogP contribution in [0.5, 0.6) is 0 Å². The van der Waals surface area contributed by atoms with Crippen LogP contribution in [-0.2, 0) is 4.74 Å². The summed E-state index contributed by atoms with van der Waals surface area (Å²) < 4.78 is 11.7. The largest absolute Gasteiger partial charge is 0.472 e. The highest BCUT2D eigenvalue weighted by Gasteiger charge is 2.60. The zero-order valence-electron chi connectivity index (χ0n) is 18.6. The van der Waals surface area contributed by atoms with E-state index in [1.54, 1.807) is 0 Å². The minimum Gasteiger partial charge on any atom is -0.472 e. The highest BCUT2D eigenvalue weighted by atomic mass is 16.5. The van der Waals surface area contributed by atoms with Crippen LogP contribution in [0.15, 0.2) is 23.0 Å². The Morgan fingerprint density at radius 3 is 2.66 bits per heavy atom. The van der Waals surface area contributed by atoms with Crippen LogP contribution in [0.1, 0.15) is 89.5 Å². The van der Waals surface area contributed by atoms with E-state index in [9.17, 15) is 0 Å². The van der Waals surface area contributed by atoms with Crippen molar-refractivity contribution in [2.24, 2.45) is 40.2 Å². The molecule has 3 nitrogen and oxygen atoms in total. The fourth-order valence-corrected chi connectivity index (χ4v) is 8.72. The Bertz CT molecular complexity index is 687. The van der Waals surface area contributed by atoms with E-state index in [0.717, 1.165) is 43.2 Å². The molecule has 5 rings (SSSR count). The Kier molecular flexibility index (Phi) is 5.35. The third-order valence-electron chi connectivity index (χ3n) is 10.3. The van der Waals surface area contributed by atoms with Gasteiger partial charge in [0.1, 0.15) is 0 Å². The van der Waals surface area contributed by atoms with Crippen molar-refractivity contribution in [2.75, 3.05) is 13.2 Å². The molecule has 0 bridgehead atoms. The Labute approximate surface area is 177 Å². The average molecular weight is 400 g/mol. The van der Waals surface area contributed by atoms with Crippen molar-refractivity contribution in [1.29, 1.82) is 0 Å². The molecular weight excluding hydrogens is 358 g/mol. The van der Waals surface area contributed by atoms with Gasteiger partial charge in [-0.05, 0) is 123 Å². The molecule has 0 radical (unpaired) electrons. The lowest BCUT2D eigenvalue weighted by Crippen LogP contribution is -2.53. The van der Waals surface area contributed by atoms with E-state index >= 15 is 0 Å². The summed E-state index contributed by atoms with van der Waals surface area (Å²) in [7, 11) is 0. The van der Waals surface area contributed by atoms with Gasteiger partial charge >= 0.3 is 0 Å². The summed E-state index contributed by atoms with van der Waals surface area (Å²) in [6.45, 7) is 6.88. The monoisotopic (exact) mass is 399 g/mol. The number of nitrogens with two attached hydrogens (primary N) is 1. The van der Waals surface area contributed by atoms with Crippen LogP contribution in [0.25, 0.3) is 0 Å². The van der Waals surface area contributed by atoms with Gasteiger partial charge in [-0.15, -0.1) is 0 Å². The average Bonchev–Trinajstić information content (AvgIpc) is 3.35. The number of furan rings is 1. The van der Waals surface area contributed by atoms with Gasteiger partial charge in [0.15, 0.2) is 0 Å². The summed E-state index contributed by atoms with van der Waals surface area (Å²) in [4.78, 5) is 0. The predicted octanol–water partition coefficient (Wildman–Crippen LogP) is 6.14. The van der Waals surface area contributed by atoms with Crippen molar-refractivity contribution in [1.82, 2.24) is 0 Å². The van der Waals surface area contributed by atoms with Gasteiger partial charge in [0.25, 0.3) is 0 Å². The SMILES string of the molecule is C[C@]12CC[C@H](OCCCN)C[C@@H]1CC[C@@H]1[C@@H]2CC[C@]2(C)[C@@H](c3ccoc3)CC[C@@H]12. The van der Waals surface area contributed by atoms with E-state index in [1.165, 1.54) is 63.4 Å². The van der Waals surface area contributed by atoms with Gasteiger partial charge in [0.05, 0.1) is 18.6 Å². The number of fused-ring (bicyclic) bond motifs is 5. The molecular formula is C26H41NO2. The maximum Gasteiger partial charge on any atom is 0.0937 e. The van der Waals surface area contributed by atoms with Gasteiger partial charge in [-0.25, -0.2) is 0 Å². The first-order valence-electron chi connectivity index (χ1n) is 12.4. The Hall–Kier alpha value is -0.800. The molecule has 0 aliphatic heterocycles. The minimum absolute atomic E-state index is 0.483. The van der Waals surface area contributed by atoms with Gasteiger partial charge in [0, 0.05) is 6.61 Å². The summed E-state index contributed by atoms with van der Waals surface area (Å²) in [5.74, 6) is 4.38. The van der Waals surface area contributed by atoms with Crippen molar-refractivity contribution in [3.8, 4) is 0 Å². The van der Waals surface area contributed by atoms with E-state index in [0.29, 0.717) is 22.9 Å². The predicted molar refractivity (Wildman–Crippen MR) is 117 cm³/mol. The quantitative estimate of drug-likeness (QED) is 0.605. The molecule has 4 aliphatic carbocycles. The number of hydrogen-bond donors (Lipinski definition) is 1. The van der Waals surface area contributed by atoms with Crippen LogP contribution in [0.2, 0.25) is 0 Å². The van der Waals surface area contributed by atoms with E-state index in [2.05, 4.69) is 19.9 Å². The van der Waals surface area contributed by atoms with Crippen molar-refractivity contribution < 1.29 is 9.15 Å². The molecule has 0 saturated heterocycles. The second-order valence-electron chi connectivity index (χ2n) is 11.3. The van der Waals surface area contributed by atoms with E-state index in [-0.39, 0.29) is 0 Å². The number of ether oxygens (including phenoxy) is 1. The van der Waals surface area contributed by atoms with Crippen molar-refractivity contribution in [3.63, 3.8) is 0 Å². The fraction of sp³-hybridized carbons (Fsp3) is 0.846. The molecule has 2 N–H and O–H groups in total. The lowest BCUT2D eigenvalue weighted by Gasteiger charge is -2.61. The molecule has 0 aromatic carbocycles. The van der Waals surface area contributed by atoms with Gasteiger partial charge in [-0.2, -0.15) is 0 Å². The highest BCUT2D eigenvalue weighted by Crippen LogP contribution is 2.69. The Morgan fingerprint density at radius 1 is 1.03 bits per heavy atom. The van der Waals surface area contributed by atoms with Crippen LogP contribution in [0.4, 0.5) is 0 Å². The molecule has 0 unspecified atom stereocenters. The summed E-state index contributed by atoms with van der Waals surface area (Å²) in [6.07, 6.45) is 17.8. The minimum atomic E-state index is 0.483. The first-order valence-corrected chi connectivity index (χ1v) is 12.4. The highest BCUT2D eigenvalue weighted by molar-refractivity contribution is 5.22. The molecule has 4 fully saturated rings. The van der Waals surface area contributed by atoms with Gasteiger partial charge in [0.2, 0.25) is 0 Å². The van der Waals surface area contributed by atoms with Crippen LogP contribution >= 0.6 is 0 Å². The van der Waals surface area contributed by atoms with Crippen molar-refractivity contribution in [3.05, 3.63) is 24.2 Å². The summed E-state index contributed by atoms with van der Waals surface area (Å²) >= 11 is 0. The second kappa shape index (κ2) is 7.71. The molecule has 1 heterocycles. The Morgan fingerprint density at radius 2 is 1.86 bits per heavy atom. The maximum absolute atomic E-state index is 6.21. The lowest BCUT2D eigenvalue weighted by atomic mass is 9.44. The molecule has 3 heteroatoms. The molecule has 1 aromatic rings. The van der Waals surface area contributed by atoms with E-state index in [1.807, 2.05) is 12.5 Å². The summed E-state index contributed by atoms with van der Waals surface area (Å²) in [5, 5.41) is 0. The van der Waals surface area contributed by atoms with Gasteiger partial charge < -0.3 is 14.9 Å². The van der Waals surface area contributed by atoms with E-state index in [4.69, 9.17) is 14.9 Å². The maximum atomic E-state index is 6.21. The van der Waals surface area contributed by atoms with Crippen molar-refractivity contribution in [2.45, 2.75) is 90.1 Å². The standard InChI is InChI=1S/C26H41NO2/c1-25-11-8-20(29-14-3-13-27)16-19(25)4-5-21-23-7-6-22(18-10-15-28-17-18)26(23,2)12-9-24(21)25/h10,15,17,19-24H,3-9,11-14,16,27H2,1-2H3/t19-,20-,21-,22+,23-,24-,25-,26+/m0/s1. The van der Waals surface area contributed by atoms with Crippen molar-refractivity contribution >= 4 is 0 Å². The zero-order valence-corrected chi connectivity index (χ0v) is 18.6. The molecule has 4 aliphatic rings. The first kappa shape index (κ1) is 20.1. The van der Waals surface area contributed by atoms with Crippen LogP contribution in [-0.4, -0.2) is 19.3 Å².